The van der Waals surface area contributed by atoms with E-state index in [0.29, 0.717) is 11.1 Å². The quantitative estimate of drug-likeness (QED) is 0.661. The molecule has 0 saturated carbocycles. The summed E-state index contributed by atoms with van der Waals surface area (Å²) in [6.07, 6.45) is 2.60. The van der Waals surface area contributed by atoms with Crippen LogP contribution in [0.2, 0.25) is 0 Å². The highest BCUT2D eigenvalue weighted by atomic mass is 16.6. The van der Waals surface area contributed by atoms with Gasteiger partial charge in [-0.2, -0.15) is 0 Å². The number of rotatable bonds is 4. The van der Waals surface area contributed by atoms with Crippen molar-refractivity contribution in [2.75, 3.05) is 0 Å². The second-order valence-corrected chi connectivity index (χ2v) is 3.89. The van der Waals surface area contributed by atoms with Crippen molar-refractivity contribution in [3.05, 3.63) is 70.0 Å². The number of hydrogen-bond donors (Lipinski definition) is 1. The van der Waals surface area contributed by atoms with Gasteiger partial charge in [0.1, 0.15) is 0 Å². The number of aromatic nitrogens is 1. The first-order valence-electron chi connectivity index (χ1n) is 5.49. The Morgan fingerprint density at radius 2 is 1.89 bits per heavy atom. The largest absolute Gasteiger partial charge is 0.388 e. The summed E-state index contributed by atoms with van der Waals surface area (Å²) < 4.78 is 0. The highest BCUT2D eigenvalue weighted by Crippen LogP contribution is 2.24. The maximum Gasteiger partial charge on any atom is 0.272 e. The molecule has 0 aliphatic rings. The highest BCUT2D eigenvalue weighted by molar-refractivity contribution is 5.40. The topological polar surface area (TPSA) is 76.3 Å². The molecule has 1 heterocycles. The van der Waals surface area contributed by atoms with Gasteiger partial charge in [-0.05, 0) is 17.7 Å². The number of nitro benzene ring substituents is 1. The number of nitro groups is 1. The van der Waals surface area contributed by atoms with Crippen molar-refractivity contribution < 1.29 is 10.0 Å². The van der Waals surface area contributed by atoms with Crippen LogP contribution in [0, 0.1) is 10.1 Å². The van der Waals surface area contributed by atoms with Gasteiger partial charge in [-0.3, -0.25) is 15.1 Å². The predicted molar refractivity (Wildman–Crippen MR) is 66.0 cm³/mol. The Morgan fingerprint density at radius 1 is 1.22 bits per heavy atom. The molecular weight excluding hydrogens is 232 g/mol. The van der Waals surface area contributed by atoms with E-state index in [1.807, 2.05) is 0 Å². The lowest BCUT2D eigenvalue weighted by molar-refractivity contribution is -0.385. The fourth-order valence-electron chi connectivity index (χ4n) is 1.77. The second-order valence-electron chi connectivity index (χ2n) is 3.89. The molecule has 1 aromatic heterocycles. The van der Waals surface area contributed by atoms with Gasteiger partial charge in [-0.1, -0.05) is 18.2 Å². The lowest BCUT2D eigenvalue weighted by atomic mass is 10.0. The van der Waals surface area contributed by atoms with Crippen LogP contribution in [0.1, 0.15) is 17.2 Å². The van der Waals surface area contributed by atoms with Gasteiger partial charge in [0.25, 0.3) is 5.69 Å². The Balaban J connectivity index is 2.22. The van der Waals surface area contributed by atoms with E-state index in [-0.39, 0.29) is 12.1 Å². The Bertz CT molecular complexity index is 543. The summed E-state index contributed by atoms with van der Waals surface area (Å²) in [7, 11) is 0. The fourth-order valence-corrected chi connectivity index (χ4v) is 1.77. The molecule has 5 heteroatoms. The maximum atomic E-state index is 10.9. The summed E-state index contributed by atoms with van der Waals surface area (Å²) in [6, 6.07) is 9.82. The molecule has 0 fully saturated rings. The summed E-state index contributed by atoms with van der Waals surface area (Å²) in [5.74, 6) is 0. The molecular formula is C13H12N2O3. The Hall–Kier alpha value is -2.27. The van der Waals surface area contributed by atoms with Crippen molar-refractivity contribution >= 4 is 5.69 Å². The van der Waals surface area contributed by atoms with Crippen LogP contribution in [0.5, 0.6) is 0 Å². The van der Waals surface area contributed by atoms with Crippen molar-refractivity contribution in [1.82, 2.24) is 4.98 Å². The van der Waals surface area contributed by atoms with E-state index in [4.69, 9.17) is 0 Å². The van der Waals surface area contributed by atoms with E-state index in [1.54, 1.807) is 42.7 Å². The second kappa shape index (κ2) is 5.37. The molecule has 0 bridgehead atoms. The van der Waals surface area contributed by atoms with Crippen molar-refractivity contribution in [3.63, 3.8) is 0 Å². The van der Waals surface area contributed by atoms with Crippen LogP contribution in [0.3, 0.4) is 0 Å². The fraction of sp³-hybridized carbons (Fsp3) is 0.154. The molecule has 1 aromatic carbocycles. The maximum absolute atomic E-state index is 10.9. The zero-order valence-corrected chi connectivity index (χ0v) is 9.56. The van der Waals surface area contributed by atoms with Crippen molar-refractivity contribution in [2.24, 2.45) is 0 Å². The van der Waals surface area contributed by atoms with Gasteiger partial charge in [-0.25, -0.2) is 0 Å². The van der Waals surface area contributed by atoms with Gasteiger partial charge >= 0.3 is 0 Å². The first-order chi connectivity index (χ1) is 8.68. The van der Waals surface area contributed by atoms with Crippen LogP contribution in [0.4, 0.5) is 5.69 Å². The summed E-state index contributed by atoms with van der Waals surface area (Å²) >= 11 is 0. The van der Waals surface area contributed by atoms with Gasteiger partial charge in [0.15, 0.2) is 0 Å². The smallest absolute Gasteiger partial charge is 0.272 e. The van der Waals surface area contributed by atoms with Crippen LogP contribution < -0.4 is 0 Å². The average Bonchev–Trinajstić information content (AvgIpc) is 2.40. The monoisotopic (exact) mass is 244 g/mol. The first kappa shape index (κ1) is 12.2. The molecule has 0 amide bonds. The molecule has 0 radical (unpaired) electrons. The third kappa shape index (κ3) is 2.70. The summed E-state index contributed by atoms with van der Waals surface area (Å²) in [4.78, 5) is 14.3. The molecule has 5 nitrogen and oxygen atoms in total. The Labute approximate surface area is 104 Å². The van der Waals surface area contributed by atoms with Gasteiger partial charge < -0.3 is 5.11 Å². The van der Waals surface area contributed by atoms with Gasteiger partial charge in [0, 0.05) is 30.4 Å². The molecule has 0 aliphatic heterocycles. The van der Waals surface area contributed by atoms with E-state index < -0.39 is 11.0 Å². The van der Waals surface area contributed by atoms with Crippen LogP contribution in [-0.4, -0.2) is 15.0 Å². The molecule has 1 unspecified atom stereocenters. The lowest BCUT2D eigenvalue weighted by Gasteiger charge is -2.10. The van der Waals surface area contributed by atoms with Crippen molar-refractivity contribution in [2.45, 2.75) is 12.5 Å². The van der Waals surface area contributed by atoms with E-state index in [0.717, 1.165) is 0 Å². The Kier molecular flexibility index (Phi) is 3.64. The minimum Gasteiger partial charge on any atom is -0.388 e. The van der Waals surface area contributed by atoms with E-state index in [1.165, 1.54) is 6.07 Å². The van der Waals surface area contributed by atoms with Gasteiger partial charge in [-0.15, -0.1) is 0 Å². The molecule has 1 atom stereocenters. The highest BCUT2D eigenvalue weighted by Gasteiger charge is 2.16. The van der Waals surface area contributed by atoms with Crippen LogP contribution >= 0.6 is 0 Å². The number of aliphatic hydroxyl groups is 1. The third-order valence-corrected chi connectivity index (χ3v) is 2.69. The number of nitrogens with zero attached hydrogens (tertiary/aromatic N) is 2. The minimum atomic E-state index is -0.769. The zero-order valence-electron chi connectivity index (χ0n) is 9.56. The van der Waals surface area contributed by atoms with E-state index in [2.05, 4.69) is 4.98 Å². The summed E-state index contributed by atoms with van der Waals surface area (Å²) in [5, 5.41) is 20.9. The average molecular weight is 244 g/mol. The third-order valence-electron chi connectivity index (χ3n) is 2.69. The van der Waals surface area contributed by atoms with Crippen LogP contribution in [0.25, 0.3) is 0 Å². The number of para-hydroxylation sites is 1. The van der Waals surface area contributed by atoms with E-state index in [9.17, 15) is 15.2 Å². The predicted octanol–water partition coefficient (Wildman–Crippen LogP) is 2.27. The summed E-state index contributed by atoms with van der Waals surface area (Å²) in [5.41, 5.74) is 1.25. The molecule has 92 valence electrons. The van der Waals surface area contributed by atoms with Crippen molar-refractivity contribution in [1.29, 1.82) is 0 Å². The Morgan fingerprint density at radius 3 is 2.56 bits per heavy atom. The zero-order chi connectivity index (χ0) is 13.0. The molecule has 2 rings (SSSR count). The minimum absolute atomic E-state index is 0.0330. The molecule has 2 aromatic rings. The normalized spacial score (nSPS) is 12.1. The number of aliphatic hydroxyl groups excluding tert-OH is 1. The number of hydrogen-bond acceptors (Lipinski definition) is 4. The van der Waals surface area contributed by atoms with E-state index >= 15 is 0 Å². The first-order valence-corrected chi connectivity index (χ1v) is 5.49. The number of benzene rings is 1. The van der Waals surface area contributed by atoms with Crippen LogP contribution in [0.15, 0.2) is 48.8 Å². The molecule has 18 heavy (non-hydrogen) atoms. The molecule has 0 aliphatic carbocycles. The molecule has 0 saturated heterocycles. The lowest BCUT2D eigenvalue weighted by Crippen LogP contribution is -2.04. The van der Waals surface area contributed by atoms with Gasteiger partial charge in [0.05, 0.1) is 11.0 Å². The molecule has 0 spiro atoms. The van der Waals surface area contributed by atoms with Crippen LogP contribution in [-0.2, 0) is 6.42 Å². The standard InChI is InChI=1S/C13H12N2O3/c16-13(10-5-7-14-8-6-10)9-11-3-1-2-4-12(11)15(17)18/h1-8,13,16H,9H2. The van der Waals surface area contributed by atoms with Crippen molar-refractivity contribution in [3.8, 4) is 0 Å². The molecule has 1 N–H and O–H groups in total. The SMILES string of the molecule is O=[N+]([O-])c1ccccc1CC(O)c1ccncc1. The van der Waals surface area contributed by atoms with Gasteiger partial charge in [0.2, 0.25) is 0 Å². The number of pyridine rings is 1. The summed E-state index contributed by atoms with van der Waals surface area (Å²) in [6.45, 7) is 0.